The fourth-order valence-electron chi connectivity index (χ4n) is 2.98. The molecule has 9 heteroatoms. The molecular formula is C18H21F3IN5. The Morgan fingerprint density at radius 2 is 1.96 bits per heavy atom. The van der Waals surface area contributed by atoms with Crippen LogP contribution in [0, 0.1) is 0 Å². The molecule has 0 bridgehead atoms. The number of guanidine groups is 1. The largest absolute Gasteiger partial charge is 0.419 e. The summed E-state index contributed by atoms with van der Waals surface area (Å²) < 4.78 is 38.9. The van der Waals surface area contributed by atoms with Crippen molar-refractivity contribution < 1.29 is 13.2 Å². The molecule has 0 aliphatic carbocycles. The highest BCUT2D eigenvalue weighted by atomic mass is 127. The van der Waals surface area contributed by atoms with Gasteiger partial charge in [0.25, 0.3) is 0 Å². The lowest BCUT2D eigenvalue weighted by atomic mass is 10.2. The first-order valence-corrected chi connectivity index (χ1v) is 8.33. The quantitative estimate of drug-likeness (QED) is 0.296. The van der Waals surface area contributed by atoms with Crippen LogP contribution in [-0.2, 0) is 12.6 Å². The van der Waals surface area contributed by atoms with E-state index >= 15 is 0 Å². The van der Waals surface area contributed by atoms with Crippen molar-refractivity contribution in [1.82, 2.24) is 10.3 Å². The van der Waals surface area contributed by atoms with Crippen LogP contribution in [0.2, 0.25) is 0 Å². The molecule has 2 heterocycles. The second kappa shape index (κ2) is 9.25. The zero-order valence-electron chi connectivity index (χ0n) is 14.8. The van der Waals surface area contributed by atoms with Gasteiger partial charge in [-0.15, -0.1) is 24.0 Å². The molecule has 2 N–H and O–H groups in total. The number of pyridine rings is 1. The minimum Gasteiger partial charge on any atom is -0.368 e. The third kappa shape index (κ3) is 5.02. The minimum absolute atomic E-state index is 0. The Bertz CT molecular complexity index is 795. The van der Waals surface area contributed by atoms with Gasteiger partial charge in [0.15, 0.2) is 5.96 Å². The van der Waals surface area contributed by atoms with Crippen molar-refractivity contribution in [2.75, 3.05) is 36.9 Å². The summed E-state index contributed by atoms with van der Waals surface area (Å²) in [5.74, 6) is 0.539. The maximum atomic E-state index is 13.0. The third-order valence-corrected chi connectivity index (χ3v) is 4.17. The van der Waals surface area contributed by atoms with Crippen LogP contribution in [0.1, 0.15) is 11.1 Å². The number of halogens is 4. The topological polar surface area (TPSA) is 52.6 Å². The number of aliphatic imine (C=N–C) groups is 1. The van der Waals surface area contributed by atoms with Gasteiger partial charge in [-0.2, -0.15) is 13.2 Å². The molecule has 0 fully saturated rings. The Morgan fingerprint density at radius 1 is 1.19 bits per heavy atom. The van der Waals surface area contributed by atoms with Crippen molar-refractivity contribution in [2.24, 2.45) is 4.99 Å². The van der Waals surface area contributed by atoms with Crippen LogP contribution in [0.25, 0.3) is 0 Å². The fraction of sp³-hybridized carbons (Fsp3) is 0.333. The lowest BCUT2D eigenvalue weighted by Crippen LogP contribution is -2.42. The number of para-hydroxylation sites is 1. The number of alkyl halides is 3. The molecule has 0 unspecified atom stereocenters. The van der Waals surface area contributed by atoms with Gasteiger partial charge in [-0.25, -0.2) is 4.98 Å². The number of rotatable bonds is 4. The summed E-state index contributed by atoms with van der Waals surface area (Å²) in [6.07, 6.45) is -2.15. The molecule has 2 aromatic rings. The summed E-state index contributed by atoms with van der Waals surface area (Å²) >= 11 is 0. The number of hydrogen-bond donors (Lipinski definition) is 2. The molecule has 0 spiro atoms. The van der Waals surface area contributed by atoms with E-state index in [2.05, 4.69) is 31.6 Å². The van der Waals surface area contributed by atoms with E-state index in [9.17, 15) is 13.2 Å². The SMILES string of the molecule is CN=C(NCCNc1ncccc1C(F)(F)F)N1CCc2ccccc21.I. The Kier molecular flexibility index (Phi) is 7.28. The van der Waals surface area contributed by atoms with Gasteiger partial charge in [0.05, 0.1) is 5.56 Å². The minimum atomic E-state index is -4.43. The van der Waals surface area contributed by atoms with Crippen LogP contribution in [0.5, 0.6) is 0 Å². The summed E-state index contributed by atoms with van der Waals surface area (Å²) in [5.41, 5.74) is 1.60. The Hall–Kier alpha value is -2.04. The number of fused-ring (bicyclic) bond motifs is 1. The van der Waals surface area contributed by atoms with Crippen molar-refractivity contribution in [1.29, 1.82) is 0 Å². The first-order chi connectivity index (χ1) is 12.5. The average Bonchev–Trinajstić information content (AvgIpc) is 3.05. The van der Waals surface area contributed by atoms with E-state index in [1.54, 1.807) is 7.05 Å². The smallest absolute Gasteiger partial charge is 0.368 e. The zero-order chi connectivity index (χ0) is 18.6. The third-order valence-electron chi connectivity index (χ3n) is 4.17. The van der Waals surface area contributed by atoms with Gasteiger partial charge in [-0.1, -0.05) is 18.2 Å². The van der Waals surface area contributed by atoms with Gasteiger partial charge < -0.3 is 15.5 Å². The van der Waals surface area contributed by atoms with E-state index in [1.165, 1.54) is 17.8 Å². The van der Waals surface area contributed by atoms with Crippen LogP contribution in [0.3, 0.4) is 0 Å². The van der Waals surface area contributed by atoms with Crippen LogP contribution in [-0.4, -0.2) is 37.6 Å². The second-order valence-corrected chi connectivity index (χ2v) is 5.83. The molecule has 0 amide bonds. The summed E-state index contributed by atoms with van der Waals surface area (Å²) in [5, 5.41) is 5.93. The van der Waals surface area contributed by atoms with Gasteiger partial charge >= 0.3 is 6.18 Å². The summed E-state index contributed by atoms with van der Waals surface area (Å²) in [7, 11) is 1.69. The number of hydrogen-bond acceptors (Lipinski definition) is 3. The van der Waals surface area contributed by atoms with E-state index < -0.39 is 11.7 Å². The first kappa shape index (κ1) is 21.3. The van der Waals surface area contributed by atoms with E-state index in [0.717, 1.165) is 24.7 Å². The summed E-state index contributed by atoms with van der Waals surface area (Å²) in [6.45, 7) is 1.53. The molecule has 0 saturated heterocycles. The van der Waals surface area contributed by atoms with Crippen molar-refractivity contribution in [3.63, 3.8) is 0 Å². The normalized spacial score (nSPS) is 13.8. The van der Waals surface area contributed by atoms with Crippen LogP contribution in [0.4, 0.5) is 24.7 Å². The van der Waals surface area contributed by atoms with Crippen molar-refractivity contribution in [2.45, 2.75) is 12.6 Å². The molecule has 146 valence electrons. The highest BCUT2D eigenvalue weighted by Crippen LogP contribution is 2.33. The highest BCUT2D eigenvalue weighted by molar-refractivity contribution is 14.0. The average molecular weight is 491 g/mol. The van der Waals surface area contributed by atoms with Gasteiger partial charge in [-0.05, 0) is 30.2 Å². The number of nitrogens with zero attached hydrogens (tertiary/aromatic N) is 3. The fourth-order valence-corrected chi connectivity index (χ4v) is 2.98. The maximum absolute atomic E-state index is 13.0. The lowest BCUT2D eigenvalue weighted by molar-refractivity contribution is -0.137. The molecule has 3 rings (SSSR count). The Morgan fingerprint density at radius 3 is 2.70 bits per heavy atom. The first-order valence-electron chi connectivity index (χ1n) is 8.33. The molecule has 0 radical (unpaired) electrons. The van der Waals surface area contributed by atoms with Crippen LogP contribution in [0.15, 0.2) is 47.6 Å². The molecule has 1 aromatic heterocycles. The molecule has 1 aliphatic rings. The van der Waals surface area contributed by atoms with Crippen LogP contribution < -0.4 is 15.5 Å². The lowest BCUT2D eigenvalue weighted by Gasteiger charge is -2.22. The van der Waals surface area contributed by atoms with E-state index in [4.69, 9.17) is 0 Å². The highest BCUT2D eigenvalue weighted by Gasteiger charge is 2.34. The number of anilines is 2. The zero-order valence-corrected chi connectivity index (χ0v) is 17.1. The molecule has 5 nitrogen and oxygen atoms in total. The predicted molar refractivity (Wildman–Crippen MR) is 112 cm³/mol. The number of aromatic nitrogens is 1. The standard InChI is InChI=1S/C18H20F3N5.HI/c1-22-17(26-12-8-13-5-2-3-7-15(13)26)25-11-10-24-16-14(18(19,20)21)6-4-9-23-16;/h2-7,9H,8,10-12H2,1H3,(H,22,25)(H,23,24);1H. The van der Waals surface area contributed by atoms with Crippen molar-refractivity contribution in [3.8, 4) is 0 Å². The van der Waals surface area contributed by atoms with Gasteiger partial charge in [0, 0.05) is 38.6 Å². The summed E-state index contributed by atoms with van der Waals surface area (Å²) in [4.78, 5) is 10.1. The monoisotopic (exact) mass is 491 g/mol. The molecule has 1 aromatic carbocycles. The molecule has 27 heavy (non-hydrogen) atoms. The van der Waals surface area contributed by atoms with E-state index in [-0.39, 0.29) is 36.3 Å². The van der Waals surface area contributed by atoms with E-state index in [0.29, 0.717) is 12.5 Å². The molecule has 1 aliphatic heterocycles. The molecule has 0 saturated carbocycles. The summed E-state index contributed by atoms with van der Waals surface area (Å²) in [6, 6.07) is 10.4. The second-order valence-electron chi connectivity index (χ2n) is 5.83. The Balaban J connectivity index is 0.00000261. The predicted octanol–water partition coefficient (Wildman–Crippen LogP) is 3.77. The van der Waals surface area contributed by atoms with Gasteiger partial charge in [0.1, 0.15) is 5.82 Å². The Labute approximate surface area is 173 Å². The van der Waals surface area contributed by atoms with Crippen molar-refractivity contribution in [3.05, 3.63) is 53.7 Å². The number of nitrogens with one attached hydrogen (secondary N) is 2. The van der Waals surface area contributed by atoms with Crippen molar-refractivity contribution >= 4 is 41.4 Å². The molecule has 0 atom stereocenters. The number of benzene rings is 1. The van der Waals surface area contributed by atoms with Crippen LogP contribution >= 0.6 is 24.0 Å². The van der Waals surface area contributed by atoms with Gasteiger partial charge in [-0.3, -0.25) is 4.99 Å². The van der Waals surface area contributed by atoms with E-state index in [1.807, 2.05) is 18.2 Å². The van der Waals surface area contributed by atoms with Gasteiger partial charge in [0.2, 0.25) is 0 Å². The maximum Gasteiger partial charge on any atom is 0.419 e. The molecular weight excluding hydrogens is 470 g/mol.